The van der Waals surface area contributed by atoms with Gasteiger partial charge < -0.3 is 9.80 Å². The van der Waals surface area contributed by atoms with Gasteiger partial charge in [-0.3, -0.25) is 9.59 Å². The van der Waals surface area contributed by atoms with Gasteiger partial charge in [-0.1, -0.05) is 0 Å². The molecule has 0 aliphatic carbocycles. The van der Waals surface area contributed by atoms with Crippen molar-refractivity contribution in [3.63, 3.8) is 0 Å². The van der Waals surface area contributed by atoms with E-state index in [0.29, 0.717) is 25.9 Å². The lowest BCUT2D eigenvalue weighted by Crippen LogP contribution is -2.39. The molecule has 0 radical (unpaired) electrons. The molecule has 1 saturated heterocycles. The quantitative estimate of drug-likeness (QED) is 0.803. The second-order valence-corrected chi connectivity index (χ2v) is 5.70. The molecular formula is C16H21FN2O2. The summed E-state index contributed by atoms with van der Waals surface area (Å²) < 4.78 is 14.1. The van der Waals surface area contributed by atoms with Crippen molar-refractivity contribution in [3.8, 4) is 0 Å². The number of likely N-dealkylation sites (tertiary alicyclic amines) is 1. The molecule has 1 aromatic rings. The molecule has 0 aromatic heterocycles. The van der Waals surface area contributed by atoms with Crippen LogP contribution in [0.4, 0.5) is 10.1 Å². The zero-order valence-electron chi connectivity index (χ0n) is 12.7. The molecule has 5 heteroatoms. The zero-order valence-corrected chi connectivity index (χ0v) is 12.7. The predicted molar refractivity (Wildman–Crippen MR) is 80.0 cm³/mol. The summed E-state index contributed by atoms with van der Waals surface area (Å²) in [6, 6.07) is 4.70. The molecule has 1 amide bonds. The first kappa shape index (κ1) is 15.5. The van der Waals surface area contributed by atoms with Crippen molar-refractivity contribution in [2.24, 2.45) is 5.92 Å². The van der Waals surface area contributed by atoms with Crippen molar-refractivity contribution in [2.75, 3.05) is 32.1 Å². The van der Waals surface area contributed by atoms with E-state index < -0.39 is 5.82 Å². The van der Waals surface area contributed by atoms with Gasteiger partial charge in [-0.05, 0) is 31.0 Å². The van der Waals surface area contributed by atoms with E-state index in [0.717, 1.165) is 5.69 Å². The van der Waals surface area contributed by atoms with Gasteiger partial charge in [0.05, 0.1) is 5.56 Å². The summed E-state index contributed by atoms with van der Waals surface area (Å²) in [5, 5.41) is 0. The van der Waals surface area contributed by atoms with Crippen LogP contribution in [0.15, 0.2) is 18.2 Å². The molecule has 1 heterocycles. The van der Waals surface area contributed by atoms with E-state index in [1.54, 1.807) is 21.9 Å². The highest BCUT2D eigenvalue weighted by Crippen LogP contribution is 2.25. The standard InChI is InChI=1S/C16H21FN2O2/c1-11(20)19-8-6-12(7-9-19)16(21)14-5-4-13(18(2)3)10-15(14)17/h4-5,10,12H,6-9H2,1-3H3. The van der Waals surface area contributed by atoms with E-state index in [-0.39, 0.29) is 23.2 Å². The first-order valence-electron chi connectivity index (χ1n) is 7.16. The number of hydrogen-bond donors (Lipinski definition) is 0. The Labute approximate surface area is 124 Å². The van der Waals surface area contributed by atoms with Gasteiger partial charge in [0.1, 0.15) is 5.82 Å². The van der Waals surface area contributed by atoms with Crippen LogP contribution in [0.5, 0.6) is 0 Å². The SMILES string of the molecule is CC(=O)N1CCC(C(=O)c2ccc(N(C)C)cc2F)CC1. The topological polar surface area (TPSA) is 40.6 Å². The first-order chi connectivity index (χ1) is 9.90. The molecule has 1 aliphatic heterocycles. The van der Waals surface area contributed by atoms with Crippen molar-refractivity contribution >= 4 is 17.4 Å². The number of carbonyl (C=O) groups excluding carboxylic acids is 2. The second kappa shape index (κ2) is 6.24. The largest absolute Gasteiger partial charge is 0.378 e. The molecule has 0 spiro atoms. The van der Waals surface area contributed by atoms with Crippen molar-refractivity contribution in [1.29, 1.82) is 0 Å². The van der Waals surface area contributed by atoms with E-state index in [1.165, 1.54) is 13.0 Å². The lowest BCUT2D eigenvalue weighted by atomic mass is 9.88. The highest BCUT2D eigenvalue weighted by atomic mass is 19.1. The second-order valence-electron chi connectivity index (χ2n) is 5.70. The Bertz CT molecular complexity index is 549. The van der Waals surface area contributed by atoms with Crippen LogP contribution in [-0.2, 0) is 4.79 Å². The number of rotatable bonds is 3. The van der Waals surface area contributed by atoms with Crippen molar-refractivity contribution < 1.29 is 14.0 Å². The van der Waals surface area contributed by atoms with Crippen LogP contribution in [0.2, 0.25) is 0 Å². The number of piperidine rings is 1. The molecule has 21 heavy (non-hydrogen) atoms. The maximum Gasteiger partial charge on any atom is 0.219 e. The summed E-state index contributed by atoms with van der Waals surface area (Å²) in [6.07, 6.45) is 1.21. The van der Waals surface area contributed by atoms with Gasteiger partial charge in [-0.25, -0.2) is 4.39 Å². The minimum atomic E-state index is -0.472. The summed E-state index contributed by atoms with van der Waals surface area (Å²) in [5.74, 6) is -0.788. The number of ketones is 1. The monoisotopic (exact) mass is 292 g/mol. The summed E-state index contributed by atoms with van der Waals surface area (Å²) >= 11 is 0. The number of hydrogen-bond acceptors (Lipinski definition) is 3. The predicted octanol–water partition coefficient (Wildman–Crippen LogP) is 2.33. The van der Waals surface area contributed by atoms with Crippen LogP contribution in [0.1, 0.15) is 30.1 Å². The molecule has 114 valence electrons. The van der Waals surface area contributed by atoms with E-state index in [9.17, 15) is 14.0 Å². The lowest BCUT2D eigenvalue weighted by Gasteiger charge is -2.30. The Balaban J connectivity index is 2.09. The Kier molecular flexibility index (Phi) is 4.60. The highest BCUT2D eigenvalue weighted by Gasteiger charge is 2.28. The van der Waals surface area contributed by atoms with Gasteiger partial charge >= 0.3 is 0 Å². The van der Waals surface area contributed by atoms with Crippen LogP contribution < -0.4 is 4.90 Å². The molecule has 1 aliphatic rings. The molecule has 0 saturated carbocycles. The number of amides is 1. The molecule has 0 unspecified atom stereocenters. The molecule has 2 rings (SSSR count). The average molecular weight is 292 g/mol. The maximum atomic E-state index is 14.1. The van der Waals surface area contributed by atoms with E-state index in [4.69, 9.17) is 0 Å². The minimum Gasteiger partial charge on any atom is -0.378 e. The Morgan fingerprint density at radius 2 is 1.86 bits per heavy atom. The fourth-order valence-electron chi connectivity index (χ4n) is 2.66. The van der Waals surface area contributed by atoms with E-state index >= 15 is 0 Å². The molecule has 4 nitrogen and oxygen atoms in total. The van der Waals surface area contributed by atoms with Gasteiger partial charge in [0, 0.05) is 45.7 Å². The van der Waals surface area contributed by atoms with Gasteiger partial charge in [0.25, 0.3) is 0 Å². The first-order valence-corrected chi connectivity index (χ1v) is 7.16. The van der Waals surface area contributed by atoms with Crippen LogP contribution in [0, 0.1) is 11.7 Å². The Morgan fingerprint density at radius 1 is 1.24 bits per heavy atom. The smallest absolute Gasteiger partial charge is 0.219 e. The van der Waals surface area contributed by atoms with Crippen LogP contribution in [0.25, 0.3) is 0 Å². The molecule has 0 atom stereocenters. The van der Waals surface area contributed by atoms with Crippen molar-refractivity contribution in [3.05, 3.63) is 29.6 Å². The average Bonchev–Trinajstić information content (AvgIpc) is 2.46. The van der Waals surface area contributed by atoms with Crippen LogP contribution in [-0.4, -0.2) is 43.8 Å². The molecular weight excluding hydrogens is 271 g/mol. The van der Waals surface area contributed by atoms with E-state index in [2.05, 4.69) is 0 Å². The summed E-state index contributed by atoms with van der Waals surface area (Å²) in [7, 11) is 3.65. The Hall–Kier alpha value is -1.91. The summed E-state index contributed by atoms with van der Waals surface area (Å²) in [4.78, 5) is 27.2. The van der Waals surface area contributed by atoms with Crippen LogP contribution in [0.3, 0.4) is 0 Å². The fourth-order valence-corrected chi connectivity index (χ4v) is 2.66. The third-order valence-corrected chi connectivity index (χ3v) is 4.05. The fraction of sp³-hybridized carbons (Fsp3) is 0.500. The molecule has 0 N–H and O–H groups in total. The maximum absolute atomic E-state index is 14.1. The number of Topliss-reactive ketones (excluding diaryl/α,β-unsaturated/α-hetero) is 1. The number of anilines is 1. The summed E-state index contributed by atoms with van der Waals surface area (Å²) in [6.45, 7) is 2.67. The molecule has 1 fully saturated rings. The Morgan fingerprint density at radius 3 is 2.33 bits per heavy atom. The third-order valence-electron chi connectivity index (χ3n) is 4.05. The zero-order chi connectivity index (χ0) is 15.6. The number of halogens is 1. The third kappa shape index (κ3) is 3.40. The summed E-state index contributed by atoms with van der Waals surface area (Å²) in [5.41, 5.74) is 0.886. The highest BCUT2D eigenvalue weighted by molar-refractivity contribution is 5.98. The molecule has 1 aromatic carbocycles. The normalized spacial score (nSPS) is 15.9. The van der Waals surface area contributed by atoms with E-state index in [1.807, 2.05) is 14.1 Å². The van der Waals surface area contributed by atoms with Gasteiger partial charge in [-0.15, -0.1) is 0 Å². The van der Waals surface area contributed by atoms with Crippen molar-refractivity contribution in [1.82, 2.24) is 4.90 Å². The molecule has 0 bridgehead atoms. The number of benzene rings is 1. The van der Waals surface area contributed by atoms with Gasteiger partial charge in [0.15, 0.2) is 5.78 Å². The lowest BCUT2D eigenvalue weighted by molar-refractivity contribution is -0.130. The number of nitrogens with zero attached hydrogens (tertiary/aromatic N) is 2. The number of carbonyl (C=O) groups is 2. The van der Waals surface area contributed by atoms with Gasteiger partial charge in [-0.2, -0.15) is 0 Å². The van der Waals surface area contributed by atoms with Crippen molar-refractivity contribution in [2.45, 2.75) is 19.8 Å². The van der Waals surface area contributed by atoms with Crippen LogP contribution >= 0.6 is 0 Å². The van der Waals surface area contributed by atoms with Gasteiger partial charge in [0.2, 0.25) is 5.91 Å². The minimum absolute atomic E-state index is 0.0300.